The summed E-state index contributed by atoms with van der Waals surface area (Å²) in [5.74, 6) is 0.386. The molecule has 3 aromatic rings. The summed E-state index contributed by atoms with van der Waals surface area (Å²) in [5, 5.41) is 0. The first-order valence-corrected chi connectivity index (χ1v) is 8.94. The van der Waals surface area contributed by atoms with Gasteiger partial charge in [-0.1, -0.05) is 72.8 Å². The summed E-state index contributed by atoms with van der Waals surface area (Å²) in [7, 11) is -1.12. The fourth-order valence-electron chi connectivity index (χ4n) is 2.45. The lowest BCUT2D eigenvalue weighted by atomic mass is 10.0. The van der Waals surface area contributed by atoms with E-state index in [0.717, 1.165) is 16.7 Å². The van der Waals surface area contributed by atoms with E-state index in [-0.39, 0.29) is 11.6 Å². The lowest BCUT2D eigenvalue weighted by molar-refractivity contribution is 0.615. The van der Waals surface area contributed by atoms with E-state index in [1.807, 2.05) is 42.5 Å². The molecule has 0 radical (unpaired) electrons. The molecule has 23 heavy (non-hydrogen) atoms. The minimum Gasteiger partial charge on any atom is -0.259 e. The molecule has 0 aliphatic rings. The summed E-state index contributed by atoms with van der Waals surface area (Å²) in [5.41, 5.74) is 3.80. The molecule has 0 saturated heterocycles. The lowest BCUT2D eigenvalue weighted by Gasteiger charge is -2.06. The van der Waals surface area contributed by atoms with E-state index in [4.69, 9.17) is 0 Å². The van der Waals surface area contributed by atoms with E-state index in [2.05, 4.69) is 12.1 Å². The van der Waals surface area contributed by atoms with Crippen molar-refractivity contribution in [3.8, 4) is 11.1 Å². The molecule has 3 heteroatoms. The molecule has 0 aliphatic carbocycles. The number of hydrogen-bond donors (Lipinski definition) is 0. The first-order chi connectivity index (χ1) is 11.2. The Labute approximate surface area is 138 Å². The van der Waals surface area contributed by atoms with Crippen molar-refractivity contribution in [1.29, 1.82) is 0 Å². The molecule has 116 valence electrons. The monoisotopic (exact) mass is 324 g/mol. The van der Waals surface area contributed by atoms with Gasteiger partial charge in [0.1, 0.15) is 5.82 Å². The zero-order valence-corrected chi connectivity index (χ0v) is 13.4. The highest BCUT2D eigenvalue weighted by atomic mass is 32.2. The molecule has 0 heterocycles. The van der Waals surface area contributed by atoms with Gasteiger partial charge in [0.25, 0.3) is 0 Å². The molecule has 1 unspecified atom stereocenters. The van der Waals surface area contributed by atoms with Crippen LogP contribution in [0, 0.1) is 5.82 Å². The molecule has 3 rings (SSSR count). The molecule has 0 spiro atoms. The second-order valence-corrected chi connectivity index (χ2v) is 6.84. The van der Waals surface area contributed by atoms with Gasteiger partial charge in [-0.05, 0) is 22.8 Å². The number of rotatable bonds is 5. The van der Waals surface area contributed by atoms with Gasteiger partial charge in [-0.25, -0.2) is 4.39 Å². The molecule has 0 aromatic heterocycles. The number of benzene rings is 3. The summed E-state index contributed by atoms with van der Waals surface area (Å²) in [6, 6.07) is 24.7. The van der Waals surface area contributed by atoms with Crippen LogP contribution in [0.15, 0.2) is 78.9 Å². The Kier molecular flexibility index (Phi) is 4.99. The van der Waals surface area contributed by atoms with Crippen molar-refractivity contribution in [2.24, 2.45) is 0 Å². The van der Waals surface area contributed by atoms with E-state index >= 15 is 0 Å². The van der Waals surface area contributed by atoms with Crippen LogP contribution in [0.2, 0.25) is 0 Å². The standard InChI is InChI=1S/C20H17FOS/c21-20-9-5-4-8-19(20)15-23(22)14-16-10-12-18(13-11-16)17-6-2-1-3-7-17/h1-13H,14-15H2. The third-order valence-corrected chi connectivity index (χ3v) is 4.95. The van der Waals surface area contributed by atoms with Crippen LogP contribution in [0.5, 0.6) is 0 Å². The minimum absolute atomic E-state index is 0.243. The number of hydrogen-bond acceptors (Lipinski definition) is 1. The van der Waals surface area contributed by atoms with Gasteiger partial charge in [0, 0.05) is 22.1 Å². The molecule has 1 atom stereocenters. The highest BCUT2D eigenvalue weighted by Crippen LogP contribution is 2.20. The van der Waals surface area contributed by atoms with Crippen molar-refractivity contribution < 1.29 is 8.60 Å². The largest absolute Gasteiger partial charge is 0.259 e. The quantitative estimate of drug-likeness (QED) is 0.649. The van der Waals surface area contributed by atoms with Crippen LogP contribution in [0.3, 0.4) is 0 Å². The topological polar surface area (TPSA) is 17.1 Å². The van der Waals surface area contributed by atoms with E-state index in [1.54, 1.807) is 18.2 Å². The van der Waals surface area contributed by atoms with Crippen molar-refractivity contribution in [1.82, 2.24) is 0 Å². The SMILES string of the molecule is O=S(Cc1ccc(-c2ccccc2)cc1)Cc1ccccc1F. The Morgan fingerprint density at radius 3 is 2.00 bits per heavy atom. The molecule has 0 saturated carbocycles. The first kappa shape index (κ1) is 15.6. The normalized spacial score (nSPS) is 12.0. The van der Waals surface area contributed by atoms with Gasteiger partial charge in [0.05, 0.1) is 5.75 Å². The van der Waals surface area contributed by atoms with Crippen molar-refractivity contribution in [2.45, 2.75) is 11.5 Å². The van der Waals surface area contributed by atoms with E-state index in [1.165, 1.54) is 6.07 Å². The molecule has 0 bridgehead atoms. The first-order valence-electron chi connectivity index (χ1n) is 7.45. The van der Waals surface area contributed by atoms with Crippen molar-refractivity contribution >= 4 is 10.8 Å². The van der Waals surface area contributed by atoms with Gasteiger partial charge in [0.2, 0.25) is 0 Å². The fraction of sp³-hybridized carbons (Fsp3) is 0.100. The molecule has 0 fully saturated rings. The Hall–Kier alpha value is -2.26. The van der Waals surface area contributed by atoms with Crippen molar-refractivity contribution in [3.63, 3.8) is 0 Å². The van der Waals surface area contributed by atoms with Crippen LogP contribution >= 0.6 is 0 Å². The summed E-state index contributed by atoms with van der Waals surface area (Å²) in [6.45, 7) is 0. The highest BCUT2D eigenvalue weighted by molar-refractivity contribution is 7.83. The number of halogens is 1. The zero-order valence-electron chi connectivity index (χ0n) is 12.6. The maximum Gasteiger partial charge on any atom is 0.127 e. The predicted octanol–water partition coefficient (Wildman–Crippen LogP) is 4.94. The predicted molar refractivity (Wildman–Crippen MR) is 93.8 cm³/mol. The van der Waals surface area contributed by atoms with Crippen LogP contribution in [0.25, 0.3) is 11.1 Å². The van der Waals surface area contributed by atoms with Crippen molar-refractivity contribution in [2.75, 3.05) is 0 Å². The maximum absolute atomic E-state index is 13.6. The second-order valence-electron chi connectivity index (χ2n) is 5.38. The van der Waals surface area contributed by atoms with E-state index in [0.29, 0.717) is 11.3 Å². The van der Waals surface area contributed by atoms with Crippen molar-refractivity contribution in [3.05, 3.63) is 95.8 Å². The average molecular weight is 324 g/mol. The van der Waals surface area contributed by atoms with Gasteiger partial charge < -0.3 is 0 Å². The molecule has 0 aliphatic heterocycles. The Balaban J connectivity index is 1.66. The van der Waals surface area contributed by atoms with Crippen LogP contribution in [-0.4, -0.2) is 4.21 Å². The molecule has 0 amide bonds. The van der Waals surface area contributed by atoms with Gasteiger partial charge in [-0.3, -0.25) is 4.21 Å². The van der Waals surface area contributed by atoms with Crippen LogP contribution < -0.4 is 0 Å². The summed E-state index contributed by atoms with van der Waals surface area (Å²) in [6.07, 6.45) is 0. The Morgan fingerprint density at radius 2 is 1.30 bits per heavy atom. The fourth-order valence-corrected chi connectivity index (χ4v) is 3.70. The van der Waals surface area contributed by atoms with Crippen LogP contribution in [0.1, 0.15) is 11.1 Å². The smallest absolute Gasteiger partial charge is 0.127 e. The third-order valence-electron chi connectivity index (χ3n) is 3.66. The van der Waals surface area contributed by atoms with Gasteiger partial charge >= 0.3 is 0 Å². The molecule has 1 nitrogen and oxygen atoms in total. The Morgan fingerprint density at radius 1 is 0.696 bits per heavy atom. The molecule has 0 N–H and O–H groups in total. The van der Waals surface area contributed by atoms with Gasteiger partial charge in [-0.15, -0.1) is 0 Å². The van der Waals surface area contributed by atoms with Gasteiger partial charge in [0.15, 0.2) is 0 Å². The molecule has 3 aromatic carbocycles. The summed E-state index contributed by atoms with van der Waals surface area (Å²) < 4.78 is 25.8. The van der Waals surface area contributed by atoms with Crippen LogP contribution in [-0.2, 0) is 22.3 Å². The maximum atomic E-state index is 13.6. The van der Waals surface area contributed by atoms with E-state index in [9.17, 15) is 8.60 Å². The zero-order chi connectivity index (χ0) is 16.1. The Bertz CT molecular complexity index is 797. The minimum atomic E-state index is -1.12. The lowest BCUT2D eigenvalue weighted by Crippen LogP contribution is -2.01. The third kappa shape index (κ3) is 4.14. The molecular formula is C20H17FOS. The van der Waals surface area contributed by atoms with Gasteiger partial charge in [-0.2, -0.15) is 0 Å². The van der Waals surface area contributed by atoms with Crippen LogP contribution in [0.4, 0.5) is 4.39 Å². The highest BCUT2D eigenvalue weighted by Gasteiger charge is 2.07. The average Bonchev–Trinajstić information content (AvgIpc) is 2.58. The summed E-state index contributed by atoms with van der Waals surface area (Å²) in [4.78, 5) is 0. The molecular weight excluding hydrogens is 307 g/mol. The summed E-state index contributed by atoms with van der Waals surface area (Å²) >= 11 is 0. The second kappa shape index (κ2) is 7.34. The van der Waals surface area contributed by atoms with E-state index < -0.39 is 10.8 Å².